The Balaban J connectivity index is 0. The van der Waals surface area contributed by atoms with Crippen LogP contribution in [0.4, 0.5) is 0 Å². The first-order valence-electron chi connectivity index (χ1n) is 7.09. The van der Waals surface area contributed by atoms with Gasteiger partial charge in [0.1, 0.15) is 6.04 Å². The SMILES string of the molecule is COCC(N)C(=O)N1CCN(CCC(C)(C)C)CC1.Cl.Cl. The predicted octanol–water partition coefficient (Wildman–Crippen LogP) is 1.38. The zero-order valence-corrected chi connectivity index (χ0v) is 15.3. The van der Waals surface area contributed by atoms with Crippen molar-refractivity contribution in [1.29, 1.82) is 0 Å². The molecule has 0 aromatic heterocycles. The molecular weight excluding hydrogens is 313 g/mol. The third-order valence-electron chi connectivity index (χ3n) is 3.53. The van der Waals surface area contributed by atoms with Crippen LogP contribution < -0.4 is 5.73 Å². The van der Waals surface area contributed by atoms with Gasteiger partial charge in [-0.05, 0) is 18.4 Å². The van der Waals surface area contributed by atoms with Crippen LogP contribution in [0.1, 0.15) is 27.2 Å². The van der Waals surface area contributed by atoms with Crippen molar-refractivity contribution in [3.8, 4) is 0 Å². The van der Waals surface area contributed by atoms with Gasteiger partial charge in [-0.2, -0.15) is 0 Å². The number of nitrogens with two attached hydrogens (primary N) is 1. The van der Waals surface area contributed by atoms with E-state index in [9.17, 15) is 4.79 Å². The van der Waals surface area contributed by atoms with Crippen LogP contribution in [0.15, 0.2) is 0 Å². The number of rotatable bonds is 5. The number of nitrogens with zero attached hydrogens (tertiary/aromatic N) is 2. The lowest BCUT2D eigenvalue weighted by Gasteiger charge is -2.36. The Bertz CT molecular complexity index is 290. The van der Waals surface area contributed by atoms with Crippen molar-refractivity contribution in [3.05, 3.63) is 0 Å². The summed E-state index contributed by atoms with van der Waals surface area (Å²) in [6.45, 7) is 11.6. The van der Waals surface area contributed by atoms with Gasteiger partial charge in [-0.25, -0.2) is 0 Å². The second kappa shape index (κ2) is 10.6. The average Bonchev–Trinajstić information content (AvgIpc) is 2.35. The molecule has 2 N–H and O–H groups in total. The Morgan fingerprint density at radius 1 is 1.19 bits per heavy atom. The zero-order valence-electron chi connectivity index (χ0n) is 13.6. The van der Waals surface area contributed by atoms with Crippen LogP contribution >= 0.6 is 24.8 Å². The molecule has 0 spiro atoms. The number of carbonyl (C=O) groups excluding carboxylic acids is 1. The summed E-state index contributed by atoms with van der Waals surface area (Å²) in [5.41, 5.74) is 6.15. The quantitative estimate of drug-likeness (QED) is 0.819. The lowest BCUT2D eigenvalue weighted by molar-refractivity contribution is -0.135. The molecule has 0 aromatic rings. The average molecular weight is 344 g/mol. The summed E-state index contributed by atoms with van der Waals surface area (Å²) in [5, 5.41) is 0. The maximum Gasteiger partial charge on any atom is 0.241 e. The first-order valence-corrected chi connectivity index (χ1v) is 7.09. The van der Waals surface area contributed by atoms with Crippen molar-refractivity contribution in [2.24, 2.45) is 11.1 Å². The molecule has 1 aliphatic rings. The van der Waals surface area contributed by atoms with Gasteiger partial charge in [0, 0.05) is 33.3 Å². The monoisotopic (exact) mass is 343 g/mol. The van der Waals surface area contributed by atoms with E-state index in [4.69, 9.17) is 10.5 Å². The molecule has 1 fully saturated rings. The molecule has 128 valence electrons. The number of halogens is 2. The van der Waals surface area contributed by atoms with Crippen molar-refractivity contribution in [2.45, 2.75) is 33.2 Å². The highest BCUT2D eigenvalue weighted by atomic mass is 35.5. The van der Waals surface area contributed by atoms with E-state index in [-0.39, 0.29) is 30.7 Å². The molecule has 0 aromatic carbocycles. The summed E-state index contributed by atoms with van der Waals surface area (Å²) in [4.78, 5) is 16.3. The second-order valence-corrected chi connectivity index (χ2v) is 6.54. The summed E-state index contributed by atoms with van der Waals surface area (Å²) in [6, 6.07) is -0.522. The largest absolute Gasteiger partial charge is 0.383 e. The third-order valence-corrected chi connectivity index (χ3v) is 3.53. The van der Waals surface area contributed by atoms with E-state index in [0.29, 0.717) is 12.0 Å². The lowest BCUT2D eigenvalue weighted by Crippen LogP contribution is -2.54. The van der Waals surface area contributed by atoms with E-state index in [0.717, 1.165) is 32.7 Å². The highest BCUT2D eigenvalue weighted by molar-refractivity contribution is 5.85. The number of hydrogen-bond acceptors (Lipinski definition) is 4. The van der Waals surface area contributed by atoms with E-state index in [1.54, 1.807) is 7.11 Å². The van der Waals surface area contributed by atoms with E-state index in [1.165, 1.54) is 6.42 Å². The molecule has 7 heteroatoms. The molecule has 0 saturated carbocycles. The van der Waals surface area contributed by atoms with Crippen LogP contribution in [0.5, 0.6) is 0 Å². The van der Waals surface area contributed by atoms with Crippen LogP contribution in [-0.4, -0.2) is 68.2 Å². The highest BCUT2D eigenvalue weighted by Crippen LogP contribution is 2.19. The maximum atomic E-state index is 12.0. The van der Waals surface area contributed by atoms with Crippen molar-refractivity contribution in [1.82, 2.24) is 9.80 Å². The smallest absolute Gasteiger partial charge is 0.241 e. The van der Waals surface area contributed by atoms with Crippen LogP contribution in [-0.2, 0) is 9.53 Å². The Hall–Kier alpha value is -0.0700. The molecular formula is C14H31Cl2N3O2. The minimum atomic E-state index is -0.522. The molecule has 1 atom stereocenters. The van der Waals surface area contributed by atoms with Gasteiger partial charge in [0.25, 0.3) is 0 Å². The van der Waals surface area contributed by atoms with Crippen LogP contribution in [0.3, 0.4) is 0 Å². The fourth-order valence-electron chi connectivity index (χ4n) is 2.17. The first kappa shape index (κ1) is 23.2. The summed E-state index contributed by atoms with van der Waals surface area (Å²) in [5.74, 6) is 0.0114. The van der Waals surface area contributed by atoms with E-state index >= 15 is 0 Å². The van der Waals surface area contributed by atoms with Crippen molar-refractivity contribution in [3.63, 3.8) is 0 Å². The molecule has 1 aliphatic heterocycles. The van der Waals surface area contributed by atoms with Crippen molar-refractivity contribution >= 4 is 30.7 Å². The number of piperazine rings is 1. The minimum Gasteiger partial charge on any atom is -0.383 e. The Morgan fingerprint density at radius 3 is 2.14 bits per heavy atom. The molecule has 5 nitrogen and oxygen atoms in total. The molecule has 0 bridgehead atoms. The number of ether oxygens (including phenoxy) is 1. The molecule has 0 radical (unpaired) electrons. The van der Waals surface area contributed by atoms with Crippen LogP contribution in [0, 0.1) is 5.41 Å². The summed E-state index contributed by atoms with van der Waals surface area (Å²) < 4.78 is 4.93. The first-order chi connectivity index (χ1) is 8.83. The number of amides is 1. The second-order valence-electron chi connectivity index (χ2n) is 6.54. The molecule has 1 unspecified atom stereocenters. The number of carbonyl (C=O) groups is 1. The lowest BCUT2D eigenvalue weighted by atomic mass is 9.92. The zero-order chi connectivity index (χ0) is 14.5. The van der Waals surface area contributed by atoms with Gasteiger partial charge >= 0.3 is 0 Å². The van der Waals surface area contributed by atoms with Gasteiger partial charge < -0.3 is 15.4 Å². The van der Waals surface area contributed by atoms with Crippen LogP contribution in [0.2, 0.25) is 0 Å². The minimum absolute atomic E-state index is 0. The molecule has 21 heavy (non-hydrogen) atoms. The molecule has 1 heterocycles. The van der Waals surface area contributed by atoms with Gasteiger partial charge in [0.2, 0.25) is 5.91 Å². The van der Waals surface area contributed by atoms with Gasteiger partial charge in [-0.1, -0.05) is 20.8 Å². The van der Waals surface area contributed by atoms with E-state index in [1.807, 2.05) is 4.90 Å². The highest BCUT2D eigenvalue weighted by Gasteiger charge is 2.25. The van der Waals surface area contributed by atoms with E-state index in [2.05, 4.69) is 25.7 Å². The van der Waals surface area contributed by atoms with Crippen molar-refractivity contribution < 1.29 is 9.53 Å². The molecule has 1 rings (SSSR count). The van der Waals surface area contributed by atoms with Gasteiger partial charge in [-0.15, -0.1) is 24.8 Å². The van der Waals surface area contributed by atoms with Gasteiger partial charge in [0.15, 0.2) is 0 Å². The third kappa shape index (κ3) is 8.83. The van der Waals surface area contributed by atoms with Crippen molar-refractivity contribution in [2.75, 3.05) is 46.4 Å². The Labute approximate surface area is 141 Å². The summed E-state index contributed by atoms with van der Waals surface area (Å²) in [6.07, 6.45) is 1.18. The summed E-state index contributed by atoms with van der Waals surface area (Å²) >= 11 is 0. The fourth-order valence-corrected chi connectivity index (χ4v) is 2.17. The maximum absolute atomic E-state index is 12.0. The fraction of sp³-hybridized carbons (Fsp3) is 0.929. The Kier molecular flexibility index (Phi) is 11.7. The predicted molar refractivity (Wildman–Crippen MR) is 91.4 cm³/mol. The van der Waals surface area contributed by atoms with Crippen LogP contribution in [0.25, 0.3) is 0 Å². The standard InChI is InChI=1S/C14H29N3O2.2ClH/c1-14(2,3)5-6-16-7-9-17(10-8-16)13(18)12(15)11-19-4;;/h12H,5-11,15H2,1-4H3;2*1H. The Morgan fingerprint density at radius 2 is 1.71 bits per heavy atom. The molecule has 0 aliphatic carbocycles. The van der Waals surface area contributed by atoms with Gasteiger partial charge in [0.05, 0.1) is 6.61 Å². The molecule has 1 amide bonds. The topological polar surface area (TPSA) is 58.8 Å². The van der Waals surface area contributed by atoms with E-state index < -0.39 is 6.04 Å². The molecule has 1 saturated heterocycles. The summed E-state index contributed by atoms with van der Waals surface area (Å²) in [7, 11) is 1.57. The number of methoxy groups -OCH3 is 1. The van der Waals surface area contributed by atoms with Gasteiger partial charge in [-0.3, -0.25) is 9.69 Å². The number of hydrogen-bond donors (Lipinski definition) is 1. The normalized spacial score (nSPS) is 17.7.